The van der Waals surface area contributed by atoms with E-state index >= 15 is 0 Å². The topological polar surface area (TPSA) is 54.9 Å². The summed E-state index contributed by atoms with van der Waals surface area (Å²) in [4.78, 5) is 21.1. The van der Waals surface area contributed by atoms with Crippen molar-refractivity contribution in [2.24, 2.45) is 0 Å². The Balaban J connectivity index is 2.01. The van der Waals surface area contributed by atoms with E-state index in [1.807, 2.05) is 26.0 Å². The highest BCUT2D eigenvalue weighted by Gasteiger charge is 2.10. The molecule has 0 aliphatic carbocycles. The Bertz CT molecular complexity index is 522. The molecule has 5 heteroatoms. The van der Waals surface area contributed by atoms with Gasteiger partial charge in [0.05, 0.1) is 17.1 Å². The third kappa shape index (κ3) is 3.10. The first-order chi connectivity index (χ1) is 8.15. The van der Waals surface area contributed by atoms with Crippen molar-refractivity contribution in [1.29, 1.82) is 0 Å². The van der Waals surface area contributed by atoms with Crippen LogP contribution >= 0.6 is 11.3 Å². The normalized spacial score (nSPS) is 10.2. The summed E-state index contributed by atoms with van der Waals surface area (Å²) >= 11 is 1.56. The van der Waals surface area contributed by atoms with Crippen LogP contribution in [-0.2, 0) is 11.2 Å². The summed E-state index contributed by atoms with van der Waals surface area (Å²) in [6, 6.07) is 5.42. The number of aryl methyl sites for hydroxylation is 2. The number of pyridine rings is 1. The van der Waals surface area contributed by atoms with E-state index in [0.29, 0.717) is 12.2 Å². The lowest BCUT2D eigenvalue weighted by Gasteiger charge is -2.02. The molecular weight excluding hydrogens is 234 g/mol. The molecule has 2 aromatic rings. The van der Waals surface area contributed by atoms with Crippen LogP contribution < -0.4 is 5.32 Å². The fourth-order valence-electron chi connectivity index (χ4n) is 1.51. The number of hydrogen-bond donors (Lipinski definition) is 1. The highest BCUT2D eigenvalue weighted by atomic mass is 32.1. The molecule has 0 aromatic carbocycles. The number of amides is 1. The summed E-state index contributed by atoms with van der Waals surface area (Å²) in [5.41, 5.74) is 0.934. The predicted molar refractivity (Wildman–Crippen MR) is 68.2 cm³/mol. The summed E-state index contributed by atoms with van der Waals surface area (Å²) in [5, 5.41) is 3.74. The van der Waals surface area contributed by atoms with Gasteiger partial charge in [-0.25, -0.2) is 9.97 Å². The number of rotatable bonds is 3. The smallest absolute Gasteiger partial charge is 0.230 e. The molecule has 1 amide bonds. The van der Waals surface area contributed by atoms with E-state index < -0.39 is 0 Å². The second kappa shape index (κ2) is 5.05. The van der Waals surface area contributed by atoms with Crippen LogP contribution in [0.4, 0.5) is 5.82 Å². The van der Waals surface area contributed by atoms with E-state index in [0.717, 1.165) is 15.6 Å². The lowest BCUT2D eigenvalue weighted by atomic mass is 10.3. The molecular formula is C12H13N3OS. The van der Waals surface area contributed by atoms with Gasteiger partial charge in [0.25, 0.3) is 0 Å². The lowest BCUT2D eigenvalue weighted by Crippen LogP contribution is -2.14. The van der Waals surface area contributed by atoms with E-state index in [1.54, 1.807) is 23.6 Å². The van der Waals surface area contributed by atoms with E-state index in [9.17, 15) is 4.79 Å². The minimum absolute atomic E-state index is 0.0598. The van der Waals surface area contributed by atoms with Crippen molar-refractivity contribution in [3.8, 4) is 0 Å². The molecule has 0 fully saturated rings. The van der Waals surface area contributed by atoms with Gasteiger partial charge >= 0.3 is 0 Å². The quantitative estimate of drug-likeness (QED) is 0.905. The Labute approximate surface area is 104 Å². The van der Waals surface area contributed by atoms with Crippen molar-refractivity contribution in [3.63, 3.8) is 0 Å². The molecule has 0 radical (unpaired) electrons. The van der Waals surface area contributed by atoms with Crippen LogP contribution in [-0.4, -0.2) is 15.9 Å². The van der Waals surface area contributed by atoms with Gasteiger partial charge in [-0.3, -0.25) is 4.79 Å². The molecule has 0 unspecified atom stereocenters. The highest BCUT2D eigenvalue weighted by Crippen LogP contribution is 2.18. The molecule has 0 spiro atoms. The van der Waals surface area contributed by atoms with Gasteiger partial charge in [0.2, 0.25) is 5.91 Å². The maximum Gasteiger partial charge on any atom is 0.230 e. The number of nitrogens with zero attached hydrogens (tertiary/aromatic N) is 2. The molecule has 0 atom stereocenters. The predicted octanol–water partition coefficient (Wildman–Crippen LogP) is 2.34. The first-order valence-electron chi connectivity index (χ1n) is 5.29. The Morgan fingerprint density at radius 1 is 1.41 bits per heavy atom. The van der Waals surface area contributed by atoms with Gasteiger partial charge in [-0.2, -0.15) is 0 Å². The molecule has 0 bridgehead atoms. The standard InChI is InChI=1S/C12H13N3OS/c1-8-10(17-9(2)14-8)7-12(16)15-11-5-3-4-6-13-11/h3-6H,7H2,1-2H3,(H,13,15,16). The molecule has 1 N–H and O–H groups in total. The van der Waals surface area contributed by atoms with Crippen LogP contribution in [0.25, 0.3) is 0 Å². The third-order valence-corrected chi connectivity index (χ3v) is 3.33. The van der Waals surface area contributed by atoms with E-state index in [-0.39, 0.29) is 5.91 Å². The van der Waals surface area contributed by atoms with Crippen molar-refractivity contribution in [2.75, 3.05) is 5.32 Å². The Morgan fingerprint density at radius 2 is 2.24 bits per heavy atom. The van der Waals surface area contributed by atoms with Crippen LogP contribution in [0.1, 0.15) is 15.6 Å². The summed E-state index contributed by atoms with van der Waals surface area (Å²) in [5.74, 6) is 0.520. The summed E-state index contributed by atoms with van der Waals surface area (Å²) in [7, 11) is 0. The number of nitrogens with one attached hydrogen (secondary N) is 1. The van der Waals surface area contributed by atoms with Gasteiger partial charge in [0.1, 0.15) is 5.82 Å². The molecule has 0 saturated heterocycles. The summed E-state index contributed by atoms with van der Waals surface area (Å²) in [6.07, 6.45) is 2.01. The minimum Gasteiger partial charge on any atom is -0.310 e. The number of aromatic nitrogens is 2. The molecule has 2 aromatic heterocycles. The highest BCUT2D eigenvalue weighted by molar-refractivity contribution is 7.11. The largest absolute Gasteiger partial charge is 0.310 e. The molecule has 2 heterocycles. The zero-order valence-electron chi connectivity index (χ0n) is 9.73. The molecule has 0 aliphatic heterocycles. The Morgan fingerprint density at radius 3 is 2.82 bits per heavy atom. The van der Waals surface area contributed by atoms with Gasteiger partial charge in [0.15, 0.2) is 0 Å². The van der Waals surface area contributed by atoms with Crippen LogP contribution in [0, 0.1) is 13.8 Å². The molecule has 0 aliphatic rings. The first-order valence-corrected chi connectivity index (χ1v) is 6.10. The number of anilines is 1. The zero-order valence-corrected chi connectivity index (χ0v) is 10.5. The number of hydrogen-bond acceptors (Lipinski definition) is 4. The fourth-order valence-corrected chi connectivity index (χ4v) is 2.44. The van der Waals surface area contributed by atoms with Crippen LogP contribution in [0.2, 0.25) is 0 Å². The number of carbonyl (C=O) groups is 1. The number of carbonyl (C=O) groups excluding carboxylic acids is 1. The summed E-state index contributed by atoms with van der Waals surface area (Å²) in [6.45, 7) is 3.87. The Kier molecular flexibility index (Phi) is 3.49. The van der Waals surface area contributed by atoms with Crippen molar-refractivity contribution >= 4 is 23.1 Å². The fraction of sp³-hybridized carbons (Fsp3) is 0.250. The van der Waals surface area contributed by atoms with Crippen LogP contribution in [0.5, 0.6) is 0 Å². The molecule has 2 rings (SSSR count). The molecule has 88 valence electrons. The molecule has 4 nitrogen and oxygen atoms in total. The maximum absolute atomic E-state index is 11.8. The molecule has 17 heavy (non-hydrogen) atoms. The lowest BCUT2D eigenvalue weighted by molar-refractivity contribution is -0.115. The first kappa shape index (κ1) is 11.7. The van der Waals surface area contributed by atoms with Crippen molar-refractivity contribution in [2.45, 2.75) is 20.3 Å². The van der Waals surface area contributed by atoms with Gasteiger partial charge < -0.3 is 5.32 Å². The third-order valence-electron chi connectivity index (χ3n) is 2.25. The molecule has 0 saturated carbocycles. The van der Waals surface area contributed by atoms with Gasteiger partial charge in [-0.05, 0) is 26.0 Å². The zero-order chi connectivity index (χ0) is 12.3. The average Bonchev–Trinajstić information content (AvgIpc) is 2.58. The Hall–Kier alpha value is -1.75. The summed E-state index contributed by atoms with van der Waals surface area (Å²) < 4.78 is 0. The second-order valence-electron chi connectivity index (χ2n) is 3.68. The van der Waals surface area contributed by atoms with Crippen LogP contribution in [0.3, 0.4) is 0 Å². The maximum atomic E-state index is 11.8. The monoisotopic (exact) mass is 247 g/mol. The van der Waals surface area contributed by atoms with Crippen molar-refractivity contribution < 1.29 is 4.79 Å². The van der Waals surface area contributed by atoms with Gasteiger partial charge in [-0.1, -0.05) is 6.07 Å². The van der Waals surface area contributed by atoms with Crippen molar-refractivity contribution in [1.82, 2.24) is 9.97 Å². The van der Waals surface area contributed by atoms with Crippen molar-refractivity contribution in [3.05, 3.63) is 40.0 Å². The van der Waals surface area contributed by atoms with E-state index in [1.165, 1.54) is 0 Å². The minimum atomic E-state index is -0.0598. The van der Waals surface area contributed by atoms with E-state index in [2.05, 4.69) is 15.3 Å². The van der Waals surface area contributed by atoms with Gasteiger partial charge in [0, 0.05) is 11.1 Å². The average molecular weight is 247 g/mol. The van der Waals surface area contributed by atoms with E-state index in [4.69, 9.17) is 0 Å². The second-order valence-corrected chi connectivity index (χ2v) is 4.97. The van der Waals surface area contributed by atoms with Gasteiger partial charge in [-0.15, -0.1) is 11.3 Å². The SMILES string of the molecule is Cc1nc(C)c(CC(=O)Nc2ccccn2)s1. The van der Waals surface area contributed by atoms with Crippen LogP contribution in [0.15, 0.2) is 24.4 Å². The number of thiazole rings is 1.